The molecule has 3 rings (SSSR count). The molecule has 13 nitrogen and oxygen atoms in total. The zero-order valence-corrected chi connectivity index (χ0v) is 17.3. The predicted molar refractivity (Wildman–Crippen MR) is 97.0 cm³/mol. The highest BCUT2D eigenvalue weighted by atomic mass is 16.7. The summed E-state index contributed by atoms with van der Waals surface area (Å²) in [5.74, 6) is 0. The zero-order valence-electron chi connectivity index (χ0n) is 17.3. The highest BCUT2D eigenvalue weighted by Crippen LogP contribution is 2.31. The summed E-state index contributed by atoms with van der Waals surface area (Å²) < 4.78 is 26.9. The lowest BCUT2D eigenvalue weighted by molar-refractivity contribution is -0.371. The standard InChI is InChI=1S/C18H32O13/c1-4-7(19)9(21)11(23)17(28-4)30-14-6(3)29-18(12(24)10(14)22)31-15-8(20)5(2)27-16(26)13(15)25/h4-26H,1-3H3/t4-,5-,6+,7+,8-,9+,10-,11-,12-,13-,14+,15-,16+,17-,18+/m1/s1. The molecule has 0 amide bonds. The number of aliphatic hydroxyl groups is 8. The van der Waals surface area contributed by atoms with Gasteiger partial charge in [-0.3, -0.25) is 0 Å². The smallest absolute Gasteiger partial charge is 0.187 e. The molecule has 0 aromatic heterocycles. The second-order valence-electron chi connectivity index (χ2n) is 8.29. The van der Waals surface area contributed by atoms with Crippen molar-refractivity contribution in [3.8, 4) is 0 Å². The van der Waals surface area contributed by atoms with Gasteiger partial charge in [-0.1, -0.05) is 0 Å². The van der Waals surface area contributed by atoms with Crippen LogP contribution in [-0.4, -0.2) is 133 Å². The fourth-order valence-corrected chi connectivity index (χ4v) is 3.92. The Balaban J connectivity index is 1.66. The van der Waals surface area contributed by atoms with Crippen LogP contribution in [0.4, 0.5) is 0 Å². The first-order valence-corrected chi connectivity index (χ1v) is 10.2. The highest BCUT2D eigenvalue weighted by Gasteiger charge is 2.51. The molecule has 0 saturated carbocycles. The fraction of sp³-hybridized carbons (Fsp3) is 1.00. The zero-order chi connectivity index (χ0) is 23.2. The number of aliphatic hydroxyl groups excluding tert-OH is 8. The van der Waals surface area contributed by atoms with Gasteiger partial charge in [-0.05, 0) is 20.8 Å². The third-order valence-corrected chi connectivity index (χ3v) is 5.97. The molecule has 0 aromatic rings. The molecule has 13 heteroatoms. The van der Waals surface area contributed by atoms with Gasteiger partial charge in [-0.25, -0.2) is 0 Å². The Morgan fingerprint density at radius 2 is 0.935 bits per heavy atom. The SMILES string of the molecule is C[C@@H]1O[C@@H](O[C@H]2[C@@H](O)[C@@H](O)O[C@H](C)[C@H]2O)[C@H](O)[C@@H](O)[C@H]1O[C@H]1O[C@H](C)[C@H](O)[C@H](O)[C@H]1O. The molecule has 0 unspecified atom stereocenters. The Kier molecular flexibility index (Phi) is 7.91. The average Bonchev–Trinajstić information content (AvgIpc) is 2.72. The van der Waals surface area contributed by atoms with Gasteiger partial charge in [-0.2, -0.15) is 0 Å². The molecule has 3 aliphatic heterocycles. The van der Waals surface area contributed by atoms with Gasteiger partial charge < -0.3 is 64.5 Å². The van der Waals surface area contributed by atoms with Crippen LogP contribution in [-0.2, 0) is 23.7 Å². The Morgan fingerprint density at radius 3 is 1.55 bits per heavy atom. The fourth-order valence-electron chi connectivity index (χ4n) is 3.92. The van der Waals surface area contributed by atoms with E-state index >= 15 is 0 Å². The predicted octanol–water partition coefficient (Wildman–Crippen LogP) is -4.49. The summed E-state index contributed by atoms with van der Waals surface area (Å²) in [5.41, 5.74) is 0. The average molecular weight is 456 g/mol. The van der Waals surface area contributed by atoms with E-state index in [-0.39, 0.29) is 0 Å². The molecule has 15 atom stereocenters. The molecular formula is C18H32O13. The highest BCUT2D eigenvalue weighted by molar-refractivity contribution is 4.94. The van der Waals surface area contributed by atoms with Crippen LogP contribution in [0.3, 0.4) is 0 Å². The Labute approximate surface area is 178 Å². The third-order valence-electron chi connectivity index (χ3n) is 5.97. The topological polar surface area (TPSA) is 208 Å². The normalized spacial score (nSPS) is 56.4. The van der Waals surface area contributed by atoms with E-state index in [9.17, 15) is 40.9 Å². The van der Waals surface area contributed by atoms with Crippen molar-refractivity contribution in [2.75, 3.05) is 0 Å². The van der Waals surface area contributed by atoms with Gasteiger partial charge in [-0.15, -0.1) is 0 Å². The molecule has 3 fully saturated rings. The minimum absolute atomic E-state index is 0.869. The molecule has 31 heavy (non-hydrogen) atoms. The quantitative estimate of drug-likeness (QED) is 0.201. The van der Waals surface area contributed by atoms with E-state index in [4.69, 9.17) is 23.7 Å². The van der Waals surface area contributed by atoms with Gasteiger partial charge in [0.15, 0.2) is 18.9 Å². The van der Waals surface area contributed by atoms with E-state index in [1.807, 2.05) is 0 Å². The van der Waals surface area contributed by atoms with Gasteiger partial charge in [0, 0.05) is 0 Å². The number of ether oxygens (including phenoxy) is 5. The first-order valence-electron chi connectivity index (χ1n) is 10.2. The summed E-state index contributed by atoms with van der Waals surface area (Å²) >= 11 is 0. The lowest BCUT2D eigenvalue weighted by atomic mass is 9.96. The first-order chi connectivity index (χ1) is 14.4. The van der Waals surface area contributed by atoms with Crippen molar-refractivity contribution in [3.05, 3.63) is 0 Å². The van der Waals surface area contributed by atoms with Gasteiger partial charge in [0.25, 0.3) is 0 Å². The minimum atomic E-state index is -1.70. The molecule has 3 saturated heterocycles. The van der Waals surface area contributed by atoms with E-state index in [2.05, 4.69) is 0 Å². The summed E-state index contributed by atoms with van der Waals surface area (Å²) in [6.45, 7) is 4.40. The molecule has 0 spiro atoms. The molecular weight excluding hydrogens is 424 g/mol. The maximum atomic E-state index is 10.6. The molecule has 0 aliphatic carbocycles. The van der Waals surface area contributed by atoms with Gasteiger partial charge in [0.1, 0.15) is 54.9 Å². The number of hydrogen-bond donors (Lipinski definition) is 8. The van der Waals surface area contributed by atoms with Crippen LogP contribution >= 0.6 is 0 Å². The van der Waals surface area contributed by atoms with Crippen LogP contribution in [0.1, 0.15) is 20.8 Å². The van der Waals surface area contributed by atoms with Crippen molar-refractivity contribution in [2.24, 2.45) is 0 Å². The van der Waals surface area contributed by atoms with Crippen LogP contribution in [0, 0.1) is 0 Å². The summed E-state index contributed by atoms with van der Waals surface area (Å²) in [6.07, 6.45) is -20.6. The Hall–Kier alpha value is -0.520. The summed E-state index contributed by atoms with van der Waals surface area (Å²) in [6, 6.07) is 0. The van der Waals surface area contributed by atoms with Crippen molar-refractivity contribution in [1.29, 1.82) is 0 Å². The molecule has 182 valence electrons. The van der Waals surface area contributed by atoms with Gasteiger partial charge in [0.2, 0.25) is 0 Å². The Morgan fingerprint density at radius 1 is 0.452 bits per heavy atom. The second-order valence-corrected chi connectivity index (χ2v) is 8.29. The van der Waals surface area contributed by atoms with Crippen molar-refractivity contribution in [2.45, 2.75) is 113 Å². The van der Waals surface area contributed by atoms with Crippen molar-refractivity contribution < 1.29 is 64.5 Å². The third kappa shape index (κ3) is 4.89. The van der Waals surface area contributed by atoms with E-state index in [0.717, 1.165) is 0 Å². The number of hydrogen-bond acceptors (Lipinski definition) is 13. The molecule has 8 N–H and O–H groups in total. The van der Waals surface area contributed by atoms with Crippen LogP contribution < -0.4 is 0 Å². The molecule has 0 aromatic carbocycles. The van der Waals surface area contributed by atoms with Crippen LogP contribution in [0.2, 0.25) is 0 Å². The van der Waals surface area contributed by atoms with E-state index in [0.29, 0.717) is 0 Å². The van der Waals surface area contributed by atoms with Crippen LogP contribution in [0.15, 0.2) is 0 Å². The van der Waals surface area contributed by atoms with E-state index in [1.54, 1.807) is 0 Å². The van der Waals surface area contributed by atoms with Crippen molar-refractivity contribution >= 4 is 0 Å². The monoisotopic (exact) mass is 456 g/mol. The van der Waals surface area contributed by atoms with Gasteiger partial charge >= 0.3 is 0 Å². The summed E-state index contributed by atoms with van der Waals surface area (Å²) in [5, 5.41) is 80.8. The molecule has 0 radical (unpaired) electrons. The lowest BCUT2D eigenvalue weighted by Crippen LogP contribution is -2.65. The maximum absolute atomic E-state index is 10.6. The van der Waals surface area contributed by atoms with Gasteiger partial charge in [0.05, 0.1) is 18.3 Å². The largest absolute Gasteiger partial charge is 0.388 e. The Bertz CT molecular complexity index is 581. The van der Waals surface area contributed by atoms with Crippen LogP contribution in [0.5, 0.6) is 0 Å². The van der Waals surface area contributed by atoms with E-state index < -0.39 is 92.1 Å². The minimum Gasteiger partial charge on any atom is -0.388 e. The maximum Gasteiger partial charge on any atom is 0.187 e. The molecule has 0 bridgehead atoms. The summed E-state index contributed by atoms with van der Waals surface area (Å²) in [7, 11) is 0. The lowest BCUT2D eigenvalue weighted by Gasteiger charge is -2.47. The van der Waals surface area contributed by atoms with Crippen molar-refractivity contribution in [1.82, 2.24) is 0 Å². The molecule has 3 heterocycles. The molecule has 3 aliphatic rings. The second kappa shape index (κ2) is 9.77. The van der Waals surface area contributed by atoms with E-state index in [1.165, 1.54) is 20.8 Å². The summed E-state index contributed by atoms with van der Waals surface area (Å²) in [4.78, 5) is 0. The van der Waals surface area contributed by atoms with Crippen LogP contribution in [0.25, 0.3) is 0 Å². The first kappa shape index (κ1) is 25.1. The number of rotatable bonds is 4. The van der Waals surface area contributed by atoms with Crippen molar-refractivity contribution in [3.63, 3.8) is 0 Å².